The third kappa shape index (κ3) is 5.00. The second-order valence-electron chi connectivity index (χ2n) is 4.95. The van der Waals surface area contributed by atoms with Crippen LogP contribution in [0.4, 0.5) is 0 Å². The van der Waals surface area contributed by atoms with Crippen LogP contribution >= 0.6 is 23.4 Å². The van der Waals surface area contributed by atoms with Crippen LogP contribution in [0.15, 0.2) is 24.3 Å². The molecule has 1 atom stereocenters. The zero-order valence-electron chi connectivity index (χ0n) is 11.6. The van der Waals surface area contributed by atoms with E-state index >= 15 is 0 Å². The summed E-state index contributed by atoms with van der Waals surface area (Å²) in [5.41, 5.74) is 1.14. The summed E-state index contributed by atoms with van der Waals surface area (Å²) in [6.45, 7) is 0. The second-order valence-corrected chi connectivity index (χ2v) is 6.46. The molecule has 0 heterocycles. The number of ether oxygens (including phenoxy) is 1. The van der Waals surface area contributed by atoms with Gasteiger partial charge in [-0.15, -0.1) is 0 Å². The lowest BCUT2D eigenvalue weighted by molar-refractivity contribution is -0.143. The van der Waals surface area contributed by atoms with Gasteiger partial charge in [0.1, 0.15) is 6.04 Å². The molecule has 20 heavy (non-hydrogen) atoms. The standard InChI is InChI=1S/C15H20ClNO2S/c1-19-15(18)14(17-12-6-7-12)8-9-20-10-11-4-2-3-5-13(11)16/h2-5,12,14,17H,6-10H2,1H3. The minimum atomic E-state index is -0.175. The number of esters is 1. The lowest BCUT2D eigenvalue weighted by Gasteiger charge is -2.15. The van der Waals surface area contributed by atoms with Gasteiger partial charge >= 0.3 is 5.97 Å². The first kappa shape index (κ1) is 15.7. The van der Waals surface area contributed by atoms with Gasteiger partial charge in [-0.3, -0.25) is 4.79 Å². The van der Waals surface area contributed by atoms with Gasteiger partial charge in [-0.25, -0.2) is 0 Å². The molecular formula is C15H20ClNO2S. The van der Waals surface area contributed by atoms with Crippen LogP contribution in [0.1, 0.15) is 24.8 Å². The fraction of sp³-hybridized carbons (Fsp3) is 0.533. The maximum atomic E-state index is 11.7. The number of hydrogen-bond acceptors (Lipinski definition) is 4. The summed E-state index contributed by atoms with van der Waals surface area (Å²) < 4.78 is 4.84. The smallest absolute Gasteiger partial charge is 0.322 e. The van der Waals surface area contributed by atoms with E-state index in [4.69, 9.17) is 16.3 Å². The van der Waals surface area contributed by atoms with E-state index in [0.29, 0.717) is 6.04 Å². The minimum absolute atomic E-state index is 0.157. The van der Waals surface area contributed by atoms with E-state index in [0.717, 1.165) is 28.5 Å². The Bertz CT molecular complexity index is 451. The number of carbonyl (C=O) groups excluding carboxylic acids is 1. The van der Waals surface area contributed by atoms with Crippen molar-refractivity contribution in [2.75, 3.05) is 12.9 Å². The lowest BCUT2D eigenvalue weighted by Crippen LogP contribution is -2.39. The van der Waals surface area contributed by atoms with E-state index in [1.165, 1.54) is 20.0 Å². The summed E-state index contributed by atoms with van der Waals surface area (Å²) in [6.07, 6.45) is 3.12. The summed E-state index contributed by atoms with van der Waals surface area (Å²) in [7, 11) is 1.45. The highest BCUT2D eigenvalue weighted by atomic mass is 35.5. The quantitative estimate of drug-likeness (QED) is 0.590. The summed E-state index contributed by atoms with van der Waals surface area (Å²) in [5, 5.41) is 4.14. The van der Waals surface area contributed by atoms with Crippen LogP contribution in [0.25, 0.3) is 0 Å². The first-order chi connectivity index (χ1) is 9.70. The molecule has 0 spiro atoms. The Morgan fingerprint density at radius 3 is 2.90 bits per heavy atom. The molecule has 1 N–H and O–H groups in total. The molecule has 1 unspecified atom stereocenters. The third-order valence-corrected chi connectivity index (χ3v) is 4.67. The van der Waals surface area contributed by atoms with Crippen LogP contribution in [0.5, 0.6) is 0 Å². The molecule has 1 aliphatic carbocycles. The molecule has 2 rings (SSSR count). The SMILES string of the molecule is COC(=O)C(CCSCc1ccccc1Cl)NC1CC1. The van der Waals surface area contributed by atoms with Crippen molar-refractivity contribution in [2.24, 2.45) is 0 Å². The number of halogens is 1. The first-order valence-electron chi connectivity index (χ1n) is 6.85. The zero-order valence-corrected chi connectivity index (χ0v) is 13.2. The van der Waals surface area contributed by atoms with Gasteiger partial charge in [-0.1, -0.05) is 29.8 Å². The van der Waals surface area contributed by atoms with Crippen molar-refractivity contribution in [3.63, 3.8) is 0 Å². The Hall–Kier alpha value is -0.710. The largest absolute Gasteiger partial charge is 0.468 e. The number of benzene rings is 1. The van der Waals surface area contributed by atoms with E-state index in [-0.39, 0.29) is 12.0 Å². The van der Waals surface area contributed by atoms with Gasteiger partial charge in [0.05, 0.1) is 7.11 Å². The molecule has 5 heteroatoms. The fourth-order valence-electron chi connectivity index (χ4n) is 1.94. The minimum Gasteiger partial charge on any atom is -0.468 e. The maximum Gasteiger partial charge on any atom is 0.322 e. The topological polar surface area (TPSA) is 38.3 Å². The Labute approximate surface area is 129 Å². The molecule has 0 saturated heterocycles. The second kappa shape index (κ2) is 7.91. The maximum absolute atomic E-state index is 11.7. The van der Waals surface area contributed by atoms with Crippen LogP contribution in [-0.4, -0.2) is 30.9 Å². The molecule has 110 valence electrons. The van der Waals surface area contributed by atoms with Crippen LogP contribution < -0.4 is 5.32 Å². The van der Waals surface area contributed by atoms with Crippen molar-refractivity contribution in [2.45, 2.75) is 37.1 Å². The van der Waals surface area contributed by atoms with E-state index in [1.54, 1.807) is 11.8 Å². The highest BCUT2D eigenvalue weighted by molar-refractivity contribution is 7.98. The molecule has 1 aromatic rings. The molecular weight excluding hydrogens is 294 g/mol. The average molecular weight is 314 g/mol. The number of nitrogens with one attached hydrogen (secondary N) is 1. The van der Waals surface area contributed by atoms with E-state index in [1.807, 2.05) is 24.3 Å². The predicted molar refractivity (Wildman–Crippen MR) is 84.2 cm³/mol. The van der Waals surface area contributed by atoms with Gasteiger partial charge in [0.15, 0.2) is 0 Å². The van der Waals surface area contributed by atoms with Crippen molar-refractivity contribution in [3.05, 3.63) is 34.9 Å². The normalized spacial score (nSPS) is 15.9. The van der Waals surface area contributed by atoms with Crippen molar-refractivity contribution < 1.29 is 9.53 Å². The van der Waals surface area contributed by atoms with Crippen molar-refractivity contribution in [3.8, 4) is 0 Å². The summed E-state index contributed by atoms with van der Waals surface area (Å²) in [6, 6.07) is 8.20. The molecule has 0 aliphatic heterocycles. The molecule has 0 radical (unpaired) electrons. The zero-order chi connectivity index (χ0) is 14.4. The average Bonchev–Trinajstić information content (AvgIpc) is 3.27. The number of hydrogen-bond donors (Lipinski definition) is 1. The van der Waals surface area contributed by atoms with E-state index in [2.05, 4.69) is 5.32 Å². The summed E-state index contributed by atoms with van der Waals surface area (Å²) in [4.78, 5) is 11.7. The van der Waals surface area contributed by atoms with Crippen LogP contribution in [0, 0.1) is 0 Å². The number of carbonyl (C=O) groups is 1. The van der Waals surface area contributed by atoms with Crippen molar-refractivity contribution >= 4 is 29.3 Å². The van der Waals surface area contributed by atoms with Crippen LogP contribution in [0.3, 0.4) is 0 Å². The molecule has 1 saturated carbocycles. The van der Waals surface area contributed by atoms with Crippen LogP contribution in [0.2, 0.25) is 5.02 Å². The summed E-state index contributed by atoms with van der Waals surface area (Å²) in [5.74, 6) is 1.62. The molecule has 1 aliphatic rings. The third-order valence-electron chi connectivity index (χ3n) is 3.27. The fourth-order valence-corrected chi connectivity index (χ4v) is 3.24. The molecule has 1 aromatic carbocycles. The molecule has 0 bridgehead atoms. The predicted octanol–water partition coefficient (Wildman–Crippen LogP) is 3.26. The monoisotopic (exact) mass is 313 g/mol. The Morgan fingerprint density at radius 2 is 2.25 bits per heavy atom. The Morgan fingerprint density at radius 1 is 1.50 bits per heavy atom. The van der Waals surface area contributed by atoms with Crippen molar-refractivity contribution in [1.82, 2.24) is 5.32 Å². The van der Waals surface area contributed by atoms with Gasteiger partial charge in [0.25, 0.3) is 0 Å². The Kier molecular flexibility index (Phi) is 6.20. The number of methoxy groups -OCH3 is 1. The van der Waals surface area contributed by atoms with E-state index < -0.39 is 0 Å². The van der Waals surface area contributed by atoms with Gasteiger partial charge in [0, 0.05) is 16.8 Å². The first-order valence-corrected chi connectivity index (χ1v) is 8.39. The molecule has 3 nitrogen and oxygen atoms in total. The lowest BCUT2D eigenvalue weighted by atomic mass is 10.2. The molecule has 1 fully saturated rings. The van der Waals surface area contributed by atoms with Gasteiger partial charge < -0.3 is 10.1 Å². The molecule has 0 amide bonds. The van der Waals surface area contributed by atoms with Gasteiger partial charge in [0.2, 0.25) is 0 Å². The van der Waals surface area contributed by atoms with E-state index in [9.17, 15) is 4.79 Å². The summed E-state index contributed by atoms with van der Waals surface area (Å²) >= 11 is 7.91. The van der Waals surface area contributed by atoms with Crippen LogP contribution in [-0.2, 0) is 15.3 Å². The highest BCUT2D eigenvalue weighted by Gasteiger charge is 2.28. The highest BCUT2D eigenvalue weighted by Crippen LogP contribution is 2.23. The molecule has 0 aromatic heterocycles. The van der Waals surface area contributed by atoms with Crippen molar-refractivity contribution in [1.29, 1.82) is 0 Å². The Balaban J connectivity index is 1.72. The number of rotatable bonds is 8. The number of thioether (sulfide) groups is 1. The van der Waals surface area contributed by atoms with Gasteiger partial charge in [-0.2, -0.15) is 11.8 Å². The van der Waals surface area contributed by atoms with Gasteiger partial charge in [-0.05, 0) is 36.6 Å².